The van der Waals surface area contributed by atoms with Crippen LogP contribution in [0.5, 0.6) is 5.75 Å². The molecule has 2 heterocycles. The van der Waals surface area contributed by atoms with Crippen molar-refractivity contribution in [2.45, 2.75) is 33.4 Å². The molecule has 11 heteroatoms. The maximum absolute atomic E-state index is 14.0. The third-order valence-electron chi connectivity index (χ3n) is 6.60. The average Bonchev–Trinajstić information content (AvgIpc) is 3.24. The number of allylic oxidation sites excluding steroid dienone is 1. The van der Waals surface area contributed by atoms with Gasteiger partial charge in [-0.2, -0.15) is 0 Å². The van der Waals surface area contributed by atoms with Gasteiger partial charge in [0.05, 0.1) is 42.1 Å². The lowest BCUT2D eigenvalue weighted by Crippen LogP contribution is -2.39. The predicted octanol–water partition coefficient (Wildman–Crippen LogP) is 7.25. The topological polar surface area (TPSA) is 69.9 Å². The summed E-state index contributed by atoms with van der Waals surface area (Å²) in [6.45, 7) is 5.93. The monoisotopic (exact) mass is 752 g/mol. The highest BCUT2D eigenvalue weighted by atomic mass is 127. The molecule has 0 N–H and O–H groups in total. The van der Waals surface area contributed by atoms with Gasteiger partial charge in [-0.05, 0) is 84.8 Å². The van der Waals surface area contributed by atoms with Crippen molar-refractivity contribution in [3.8, 4) is 5.75 Å². The Kier molecular flexibility index (Phi) is 9.49. The van der Waals surface area contributed by atoms with E-state index in [9.17, 15) is 9.59 Å². The summed E-state index contributed by atoms with van der Waals surface area (Å²) < 4.78 is 14.4. The highest BCUT2D eigenvalue weighted by molar-refractivity contribution is 14.1. The van der Waals surface area contributed by atoms with E-state index in [2.05, 4.69) is 27.6 Å². The van der Waals surface area contributed by atoms with Crippen molar-refractivity contribution in [2.75, 3.05) is 6.61 Å². The molecule has 0 fully saturated rings. The summed E-state index contributed by atoms with van der Waals surface area (Å²) in [6.07, 6.45) is 1.75. The Morgan fingerprint density at radius 3 is 2.50 bits per heavy atom. The molecule has 42 heavy (non-hydrogen) atoms. The SMILES string of the molecule is CCOC(=O)C1=C(C)N=c2s/c(=C\c3cc(Cl)cc(I)c3OCc3ccc(Cl)c(Cl)c3)c(=O)n2[C@H]1c1ccc(C)cc1. The fraction of sp³-hybridized carbons (Fsp3) is 0.194. The molecule has 0 amide bonds. The Balaban J connectivity index is 1.63. The second kappa shape index (κ2) is 12.9. The molecule has 4 aromatic rings. The summed E-state index contributed by atoms with van der Waals surface area (Å²) in [6, 6.07) is 15.9. The van der Waals surface area contributed by atoms with Crippen molar-refractivity contribution >= 4 is 80.8 Å². The molecule has 0 saturated heterocycles. The summed E-state index contributed by atoms with van der Waals surface area (Å²) in [5.41, 5.74) is 3.87. The molecule has 0 radical (unpaired) electrons. The number of esters is 1. The van der Waals surface area contributed by atoms with Crippen molar-refractivity contribution in [3.05, 3.63) is 126 Å². The van der Waals surface area contributed by atoms with Crippen LogP contribution in [0.1, 0.15) is 42.1 Å². The van der Waals surface area contributed by atoms with E-state index in [-0.39, 0.29) is 18.8 Å². The molecule has 1 atom stereocenters. The smallest absolute Gasteiger partial charge is 0.338 e. The Morgan fingerprint density at radius 2 is 1.81 bits per heavy atom. The fourth-order valence-electron chi connectivity index (χ4n) is 4.62. The lowest BCUT2D eigenvalue weighted by Gasteiger charge is -2.24. The summed E-state index contributed by atoms with van der Waals surface area (Å²) in [5, 5.41) is 1.40. The van der Waals surface area contributed by atoms with E-state index >= 15 is 0 Å². The largest absolute Gasteiger partial charge is 0.487 e. The summed E-state index contributed by atoms with van der Waals surface area (Å²) >= 11 is 22.1. The van der Waals surface area contributed by atoms with Crippen LogP contribution in [0.3, 0.4) is 0 Å². The zero-order valence-electron chi connectivity index (χ0n) is 22.7. The van der Waals surface area contributed by atoms with Crippen LogP contribution in [0, 0.1) is 10.5 Å². The van der Waals surface area contributed by atoms with E-state index in [1.165, 1.54) is 11.3 Å². The number of fused-ring (bicyclic) bond motifs is 1. The van der Waals surface area contributed by atoms with E-state index in [4.69, 9.17) is 44.3 Å². The van der Waals surface area contributed by atoms with Crippen LogP contribution in [0.2, 0.25) is 15.1 Å². The second-order valence-corrected chi connectivity index (χ2v) is 13.0. The summed E-state index contributed by atoms with van der Waals surface area (Å²) in [5.74, 6) is 0.0661. The molecule has 1 aliphatic rings. The third-order valence-corrected chi connectivity index (χ3v) is 9.34. The number of aromatic nitrogens is 1. The molecule has 0 aliphatic carbocycles. The Labute approximate surface area is 275 Å². The van der Waals surface area contributed by atoms with Gasteiger partial charge in [0, 0.05) is 10.6 Å². The average molecular weight is 754 g/mol. The molecular weight excluding hydrogens is 730 g/mol. The van der Waals surface area contributed by atoms with Crippen molar-refractivity contribution < 1.29 is 14.3 Å². The normalized spacial score (nSPS) is 14.9. The van der Waals surface area contributed by atoms with E-state index in [0.717, 1.165) is 20.3 Å². The lowest BCUT2D eigenvalue weighted by molar-refractivity contribution is -0.139. The molecule has 0 unspecified atom stereocenters. The first-order valence-corrected chi connectivity index (χ1v) is 15.9. The zero-order chi connectivity index (χ0) is 30.1. The number of thiazole rings is 1. The number of hydrogen-bond donors (Lipinski definition) is 0. The molecule has 1 aromatic heterocycles. The highest BCUT2D eigenvalue weighted by Gasteiger charge is 2.33. The standard InChI is InChI=1S/C31H24Cl3IN2O4S/c1-4-40-30(39)26-17(3)36-31-37(27(26)19-8-5-16(2)6-9-19)29(38)25(42-31)13-20-12-21(32)14-24(35)28(20)41-15-18-7-10-22(33)23(34)11-18/h5-14,27H,4,15H2,1-3H3/b25-13-/t27-/m0/s1. The second-order valence-electron chi connectivity index (χ2n) is 9.56. The number of halogens is 4. The van der Waals surface area contributed by atoms with E-state index in [1.807, 2.05) is 37.3 Å². The first-order chi connectivity index (χ1) is 20.1. The van der Waals surface area contributed by atoms with Crippen molar-refractivity contribution in [1.29, 1.82) is 0 Å². The molecule has 0 saturated carbocycles. The van der Waals surface area contributed by atoms with Crippen molar-refractivity contribution in [1.82, 2.24) is 4.57 Å². The Morgan fingerprint density at radius 1 is 1.07 bits per heavy atom. The van der Waals surface area contributed by atoms with Crippen molar-refractivity contribution in [3.63, 3.8) is 0 Å². The minimum absolute atomic E-state index is 0.207. The van der Waals surface area contributed by atoms with E-state index in [1.54, 1.807) is 48.8 Å². The van der Waals surface area contributed by atoms with Crippen LogP contribution < -0.4 is 19.6 Å². The lowest BCUT2D eigenvalue weighted by atomic mass is 9.95. The molecule has 6 nitrogen and oxygen atoms in total. The van der Waals surface area contributed by atoms with Crippen LogP contribution in [-0.2, 0) is 16.1 Å². The van der Waals surface area contributed by atoms with Crippen molar-refractivity contribution in [2.24, 2.45) is 4.99 Å². The molecule has 0 bridgehead atoms. The highest BCUT2D eigenvalue weighted by Crippen LogP contribution is 2.33. The van der Waals surface area contributed by atoms with Gasteiger partial charge in [0.1, 0.15) is 12.4 Å². The quantitative estimate of drug-likeness (QED) is 0.147. The Bertz CT molecular complexity index is 1920. The summed E-state index contributed by atoms with van der Waals surface area (Å²) in [7, 11) is 0. The minimum atomic E-state index is -0.687. The van der Waals surface area contributed by atoms with Gasteiger partial charge in [0.15, 0.2) is 4.80 Å². The molecule has 0 spiro atoms. The summed E-state index contributed by atoms with van der Waals surface area (Å²) in [4.78, 5) is 32.3. The van der Waals surface area contributed by atoms with Gasteiger partial charge in [-0.25, -0.2) is 9.79 Å². The van der Waals surface area contributed by atoms with Crippen LogP contribution in [0.15, 0.2) is 75.7 Å². The number of nitrogens with zero attached hydrogens (tertiary/aromatic N) is 2. The number of ether oxygens (including phenoxy) is 2. The molecule has 3 aromatic carbocycles. The van der Waals surface area contributed by atoms with Crippen LogP contribution >= 0.6 is 68.7 Å². The number of carbonyl (C=O) groups excluding carboxylic acids is 1. The molecule has 216 valence electrons. The molecule has 1 aliphatic heterocycles. The molecular formula is C31H24Cl3IN2O4S. The first-order valence-electron chi connectivity index (χ1n) is 12.9. The predicted molar refractivity (Wildman–Crippen MR) is 177 cm³/mol. The van der Waals surface area contributed by atoms with Gasteiger partial charge in [-0.3, -0.25) is 9.36 Å². The maximum atomic E-state index is 14.0. The fourth-order valence-corrected chi connectivity index (χ4v) is 7.19. The third kappa shape index (κ3) is 6.33. The maximum Gasteiger partial charge on any atom is 0.338 e. The van der Waals surface area contributed by atoms with Gasteiger partial charge in [-0.15, -0.1) is 0 Å². The molecule has 5 rings (SSSR count). The van der Waals surface area contributed by atoms with Gasteiger partial charge in [0.2, 0.25) is 0 Å². The van der Waals surface area contributed by atoms with Gasteiger partial charge < -0.3 is 9.47 Å². The first kappa shape index (κ1) is 30.8. The van der Waals surface area contributed by atoms with E-state index in [0.29, 0.717) is 47.0 Å². The number of rotatable bonds is 7. The Hall–Kier alpha value is -2.63. The number of benzene rings is 3. The zero-order valence-corrected chi connectivity index (χ0v) is 28.0. The van der Waals surface area contributed by atoms with Gasteiger partial charge in [-0.1, -0.05) is 82.0 Å². The van der Waals surface area contributed by atoms with Crippen LogP contribution in [0.4, 0.5) is 0 Å². The van der Waals surface area contributed by atoms with E-state index < -0.39 is 12.0 Å². The number of hydrogen-bond acceptors (Lipinski definition) is 6. The minimum Gasteiger partial charge on any atom is -0.487 e. The van der Waals surface area contributed by atoms with Gasteiger partial charge in [0.25, 0.3) is 5.56 Å². The van der Waals surface area contributed by atoms with Crippen LogP contribution in [-0.4, -0.2) is 17.1 Å². The number of carbonyl (C=O) groups is 1. The van der Waals surface area contributed by atoms with Crippen LogP contribution in [0.25, 0.3) is 6.08 Å². The van der Waals surface area contributed by atoms with Gasteiger partial charge >= 0.3 is 5.97 Å². The number of aryl methyl sites for hydroxylation is 1.